The lowest BCUT2D eigenvalue weighted by Crippen LogP contribution is -2.40. The molecule has 0 saturated carbocycles. The van der Waals surface area contributed by atoms with Gasteiger partial charge in [0.25, 0.3) is 0 Å². The summed E-state index contributed by atoms with van der Waals surface area (Å²) in [5, 5.41) is 0. The van der Waals surface area contributed by atoms with Crippen LogP contribution in [0, 0.1) is 19.7 Å². The number of aryl methyl sites for hydroxylation is 2. The molecule has 1 N–H and O–H groups in total. The molecule has 2 aromatic heterocycles. The van der Waals surface area contributed by atoms with Gasteiger partial charge in [0.2, 0.25) is 5.91 Å². The van der Waals surface area contributed by atoms with E-state index in [-0.39, 0.29) is 24.1 Å². The molecule has 1 aromatic carbocycles. The van der Waals surface area contributed by atoms with Gasteiger partial charge in [-0.25, -0.2) is 19.3 Å². The van der Waals surface area contributed by atoms with Crippen molar-refractivity contribution in [2.75, 3.05) is 13.1 Å². The molecule has 0 unspecified atom stereocenters. The van der Waals surface area contributed by atoms with Crippen LogP contribution in [0.25, 0.3) is 11.5 Å². The van der Waals surface area contributed by atoms with Crippen LogP contribution in [0.2, 0.25) is 0 Å². The molecule has 1 saturated heterocycles. The molecule has 0 bridgehead atoms. The first-order valence-electron chi connectivity index (χ1n) is 9.88. The molecule has 6 nitrogen and oxygen atoms in total. The topological polar surface area (TPSA) is 74.8 Å². The third kappa shape index (κ3) is 4.50. The molecule has 7 heteroatoms. The van der Waals surface area contributed by atoms with E-state index in [1.807, 2.05) is 24.8 Å². The van der Waals surface area contributed by atoms with Crippen molar-refractivity contribution in [3.05, 3.63) is 65.1 Å². The highest BCUT2D eigenvalue weighted by Crippen LogP contribution is 2.28. The Morgan fingerprint density at radius 3 is 2.76 bits per heavy atom. The zero-order valence-electron chi connectivity index (χ0n) is 16.7. The standard InChI is InChI=1S/C22H24FN5O/c1-14-12-24-22(25-14)20-11-19(26-15(2)27-20)17-4-3-9-28(13-17)21(29)10-16-5-7-18(23)8-6-16/h5-8,11-12,17H,3-4,9-10,13H2,1-2H3,(H,24,25)/t17-/m0/s1. The van der Waals surface area contributed by atoms with E-state index in [1.165, 1.54) is 12.1 Å². The Morgan fingerprint density at radius 2 is 2.03 bits per heavy atom. The lowest BCUT2D eigenvalue weighted by molar-refractivity contribution is -0.131. The fourth-order valence-corrected chi connectivity index (χ4v) is 3.80. The molecular weight excluding hydrogens is 369 g/mol. The maximum Gasteiger partial charge on any atom is 0.227 e. The number of carbonyl (C=O) groups is 1. The van der Waals surface area contributed by atoms with E-state index in [4.69, 9.17) is 0 Å². The number of imidazole rings is 1. The molecular formula is C22H24FN5O. The summed E-state index contributed by atoms with van der Waals surface area (Å²) in [6, 6.07) is 8.09. The summed E-state index contributed by atoms with van der Waals surface area (Å²) in [5.41, 5.74) is 3.52. The fourth-order valence-electron chi connectivity index (χ4n) is 3.80. The van der Waals surface area contributed by atoms with Gasteiger partial charge in [0, 0.05) is 36.6 Å². The number of amides is 1. The van der Waals surface area contributed by atoms with Crippen molar-refractivity contribution in [1.29, 1.82) is 0 Å². The van der Waals surface area contributed by atoms with E-state index in [0.29, 0.717) is 12.4 Å². The quantitative estimate of drug-likeness (QED) is 0.735. The minimum absolute atomic E-state index is 0.0639. The van der Waals surface area contributed by atoms with Gasteiger partial charge in [0.15, 0.2) is 5.82 Å². The first-order chi connectivity index (χ1) is 14.0. The van der Waals surface area contributed by atoms with Crippen molar-refractivity contribution in [3.8, 4) is 11.5 Å². The number of hydrogen-bond acceptors (Lipinski definition) is 4. The zero-order valence-corrected chi connectivity index (χ0v) is 16.7. The summed E-state index contributed by atoms with van der Waals surface area (Å²) >= 11 is 0. The lowest BCUT2D eigenvalue weighted by atomic mass is 9.93. The van der Waals surface area contributed by atoms with Gasteiger partial charge in [-0.15, -0.1) is 0 Å². The third-order valence-electron chi connectivity index (χ3n) is 5.26. The van der Waals surface area contributed by atoms with Gasteiger partial charge in [-0.2, -0.15) is 0 Å². The van der Waals surface area contributed by atoms with Crippen LogP contribution in [0.1, 0.15) is 41.5 Å². The highest BCUT2D eigenvalue weighted by molar-refractivity contribution is 5.79. The summed E-state index contributed by atoms with van der Waals surface area (Å²) in [7, 11) is 0. The van der Waals surface area contributed by atoms with Gasteiger partial charge in [0.1, 0.15) is 17.3 Å². The third-order valence-corrected chi connectivity index (χ3v) is 5.26. The number of H-pyrrole nitrogens is 1. The maximum atomic E-state index is 13.1. The second-order valence-corrected chi connectivity index (χ2v) is 7.62. The predicted molar refractivity (Wildman–Crippen MR) is 108 cm³/mol. The van der Waals surface area contributed by atoms with Crippen molar-refractivity contribution in [2.24, 2.45) is 0 Å². The van der Waals surface area contributed by atoms with E-state index in [9.17, 15) is 9.18 Å². The summed E-state index contributed by atoms with van der Waals surface area (Å²) in [5.74, 6) is 1.36. The van der Waals surface area contributed by atoms with Crippen LogP contribution in [0.4, 0.5) is 4.39 Å². The summed E-state index contributed by atoms with van der Waals surface area (Å²) < 4.78 is 13.1. The molecule has 29 heavy (non-hydrogen) atoms. The van der Waals surface area contributed by atoms with Crippen LogP contribution >= 0.6 is 0 Å². The summed E-state index contributed by atoms with van der Waals surface area (Å²) in [4.78, 5) is 31.4. The monoisotopic (exact) mass is 393 g/mol. The molecule has 1 aliphatic heterocycles. The second-order valence-electron chi connectivity index (χ2n) is 7.62. The highest BCUT2D eigenvalue weighted by atomic mass is 19.1. The Hall–Kier alpha value is -3.09. The molecule has 1 fully saturated rings. The first-order valence-corrected chi connectivity index (χ1v) is 9.88. The normalized spacial score (nSPS) is 16.8. The van der Waals surface area contributed by atoms with E-state index in [1.54, 1.807) is 18.3 Å². The molecule has 0 spiro atoms. The smallest absolute Gasteiger partial charge is 0.227 e. The van der Waals surface area contributed by atoms with Gasteiger partial charge in [-0.3, -0.25) is 4.79 Å². The van der Waals surface area contributed by atoms with Crippen LogP contribution in [-0.4, -0.2) is 43.8 Å². The second kappa shape index (κ2) is 8.11. The number of rotatable bonds is 4. The van der Waals surface area contributed by atoms with Crippen molar-refractivity contribution >= 4 is 5.91 Å². The van der Waals surface area contributed by atoms with Crippen LogP contribution < -0.4 is 0 Å². The van der Waals surface area contributed by atoms with E-state index in [2.05, 4.69) is 19.9 Å². The average molecular weight is 393 g/mol. The number of aromatic nitrogens is 4. The molecule has 4 rings (SSSR count). The molecule has 3 heterocycles. The molecule has 150 valence electrons. The number of halogens is 1. The minimum Gasteiger partial charge on any atom is -0.342 e. The van der Waals surface area contributed by atoms with Crippen LogP contribution in [-0.2, 0) is 11.2 Å². The number of nitrogens with zero attached hydrogens (tertiary/aromatic N) is 4. The van der Waals surface area contributed by atoms with Crippen LogP contribution in [0.15, 0.2) is 36.5 Å². The van der Waals surface area contributed by atoms with Gasteiger partial charge >= 0.3 is 0 Å². The number of aromatic amines is 1. The zero-order chi connectivity index (χ0) is 20.4. The average Bonchev–Trinajstić information content (AvgIpc) is 3.16. The number of nitrogens with one attached hydrogen (secondary N) is 1. The number of carbonyl (C=O) groups excluding carboxylic acids is 1. The molecule has 1 amide bonds. The van der Waals surface area contributed by atoms with Gasteiger partial charge < -0.3 is 9.88 Å². The molecule has 1 aliphatic rings. The maximum absolute atomic E-state index is 13.1. The van der Waals surface area contributed by atoms with Crippen LogP contribution in [0.5, 0.6) is 0 Å². The molecule has 0 radical (unpaired) electrons. The number of benzene rings is 1. The van der Waals surface area contributed by atoms with Crippen molar-refractivity contribution < 1.29 is 9.18 Å². The minimum atomic E-state index is -0.291. The molecule has 0 aliphatic carbocycles. The van der Waals surface area contributed by atoms with Gasteiger partial charge in [-0.1, -0.05) is 12.1 Å². The Morgan fingerprint density at radius 1 is 1.24 bits per heavy atom. The van der Waals surface area contributed by atoms with Gasteiger partial charge in [0.05, 0.1) is 6.42 Å². The first kappa shape index (κ1) is 19.2. The van der Waals surface area contributed by atoms with Crippen molar-refractivity contribution in [3.63, 3.8) is 0 Å². The van der Waals surface area contributed by atoms with E-state index < -0.39 is 0 Å². The van der Waals surface area contributed by atoms with E-state index in [0.717, 1.165) is 47.9 Å². The predicted octanol–water partition coefficient (Wildman–Crippen LogP) is 3.57. The number of likely N-dealkylation sites (tertiary alicyclic amines) is 1. The van der Waals surface area contributed by atoms with Gasteiger partial charge in [-0.05, 0) is 50.5 Å². The molecule has 1 atom stereocenters. The van der Waals surface area contributed by atoms with Crippen molar-refractivity contribution in [2.45, 2.75) is 39.0 Å². The lowest BCUT2D eigenvalue weighted by Gasteiger charge is -2.32. The van der Waals surface area contributed by atoms with E-state index >= 15 is 0 Å². The summed E-state index contributed by atoms with van der Waals surface area (Å²) in [6.07, 6.45) is 3.97. The molecule has 3 aromatic rings. The highest BCUT2D eigenvalue weighted by Gasteiger charge is 2.26. The Labute approximate surface area is 169 Å². The fraction of sp³-hybridized carbons (Fsp3) is 0.364. The van der Waals surface area contributed by atoms with Crippen LogP contribution in [0.3, 0.4) is 0 Å². The van der Waals surface area contributed by atoms with Crippen molar-refractivity contribution in [1.82, 2.24) is 24.8 Å². The number of piperidine rings is 1. The Bertz CT molecular complexity index is 1010. The number of hydrogen-bond donors (Lipinski definition) is 1. The SMILES string of the molecule is Cc1nc(-c2ncc(C)[nH]2)cc([C@H]2CCCN(C(=O)Cc3ccc(F)cc3)C2)n1. The Kier molecular flexibility index (Phi) is 5.38. The summed E-state index contributed by atoms with van der Waals surface area (Å²) in [6.45, 7) is 5.21. The largest absolute Gasteiger partial charge is 0.342 e. The Balaban J connectivity index is 1.50.